The molecule has 1 aliphatic rings. The number of ether oxygens (including phenoxy) is 2. The van der Waals surface area contributed by atoms with E-state index in [0.717, 1.165) is 15.5 Å². The Morgan fingerprint density at radius 3 is 2.62 bits per heavy atom. The summed E-state index contributed by atoms with van der Waals surface area (Å²) in [6.07, 6.45) is 0. The van der Waals surface area contributed by atoms with Crippen molar-refractivity contribution in [1.82, 2.24) is 4.57 Å². The van der Waals surface area contributed by atoms with Crippen LogP contribution >= 0.6 is 0 Å². The number of ketones is 1. The monoisotopic (exact) mass is 456 g/mol. The summed E-state index contributed by atoms with van der Waals surface area (Å²) in [5, 5.41) is 21.6. The maximum absolute atomic E-state index is 13.6. The third-order valence-electron chi connectivity index (χ3n) is 6.10. The molecule has 5 rings (SSSR count). The molecule has 1 N–H and O–H groups in total. The van der Waals surface area contributed by atoms with E-state index in [2.05, 4.69) is 0 Å². The van der Waals surface area contributed by atoms with Crippen LogP contribution in [0.1, 0.15) is 43.9 Å². The Morgan fingerprint density at radius 1 is 1.09 bits per heavy atom. The zero-order chi connectivity index (χ0) is 24.1. The van der Waals surface area contributed by atoms with Crippen molar-refractivity contribution in [2.75, 3.05) is 6.79 Å². The number of nitrogens with zero attached hydrogens (tertiary/aromatic N) is 2. The van der Waals surface area contributed by atoms with Gasteiger partial charge in [0.25, 0.3) is 5.56 Å². The molecule has 0 amide bonds. The molecular weight excluding hydrogens is 436 g/mol. The summed E-state index contributed by atoms with van der Waals surface area (Å²) < 4.78 is 17.5. The van der Waals surface area contributed by atoms with E-state index in [4.69, 9.17) is 13.9 Å². The maximum atomic E-state index is 13.6. The lowest BCUT2D eigenvalue weighted by atomic mass is 9.98. The zero-order valence-corrected chi connectivity index (χ0v) is 18.8. The molecule has 0 spiro atoms. The number of carbonyl (C=O) groups is 1. The molecule has 2 aromatic carbocycles. The van der Waals surface area contributed by atoms with Gasteiger partial charge in [0.1, 0.15) is 17.2 Å². The molecular formula is C26H20N2O6. The summed E-state index contributed by atoms with van der Waals surface area (Å²) in [6, 6.07) is 12.6. The van der Waals surface area contributed by atoms with Gasteiger partial charge < -0.3 is 19.0 Å². The van der Waals surface area contributed by atoms with Crippen LogP contribution in [0.3, 0.4) is 0 Å². The summed E-state index contributed by atoms with van der Waals surface area (Å²) in [7, 11) is 0. The van der Waals surface area contributed by atoms with Gasteiger partial charge in [0.2, 0.25) is 18.5 Å². The van der Waals surface area contributed by atoms with Crippen LogP contribution in [0.5, 0.6) is 17.4 Å². The predicted molar refractivity (Wildman–Crippen MR) is 123 cm³/mol. The Balaban J connectivity index is 1.66. The number of pyridine rings is 1. The third-order valence-corrected chi connectivity index (χ3v) is 6.10. The molecule has 0 atom stereocenters. The normalized spacial score (nSPS) is 12.2. The lowest BCUT2D eigenvalue weighted by Crippen LogP contribution is -2.27. The largest absolute Gasteiger partial charge is 0.494 e. The molecule has 1 aliphatic heterocycles. The minimum absolute atomic E-state index is 0.0520. The Kier molecular flexibility index (Phi) is 4.91. The molecule has 4 aromatic rings. The molecule has 170 valence electrons. The second-order valence-corrected chi connectivity index (χ2v) is 8.27. The van der Waals surface area contributed by atoms with Crippen molar-refractivity contribution in [2.45, 2.75) is 27.3 Å². The summed E-state index contributed by atoms with van der Waals surface area (Å²) >= 11 is 0. The fraction of sp³-hybridized carbons (Fsp3) is 0.192. The highest BCUT2D eigenvalue weighted by Crippen LogP contribution is 2.34. The number of rotatable bonds is 4. The van der Waals surface area contributed by atoms with Crippen LogP contribution < -0.4 is 15.0 Å². The van der Waals surface area contributed by atoms with Gasteiger partial charge in [0.15, 0.2) is 17.3 Å². The van der Waals surface area contributed by atoms with Gasteiger partial charge in [-0.15, -0.1) is 0 Å². The van der Waals surface area contributed by atoms with Crippen LogP contribution in [-0.2, 0) is 6.54 Å². The topological polar surface area (TPSA) is 115 Å². The van der Waals surface area contributed by atoms with Crippen LogP contribution in [0.2, 0.25) is 0 Å². The number of nitriles is 1. The first-order valence-corrected chi connectivity index (χ1v) is 10.6. The van der Waals surface area contributed by atoms with Gasteiger partial charge in [-0.25, -0.2) is 0 Å². The third kappa shape index (κ3) is 3.21. The van der Waals surface area contributed by atoms with Crippen LogP contribution in [0, 0.1) is 32.1 Å². The summed E-state index contributed by atoms with van der Waals surface area (Å²) in [5.41, 5.74) is 1.85. The van der Waals surface area contributed by atoms with E-state index >= 15 is 0 Å². The molecule has 8 heteroatoms. The first kappa shape index (κ1) is 21.3. The first-order valence-electron chi connectivity index (χ1n) is 10.6. The van der Waals surface area contributed by atoms with E-state index < -0.39 is 17.2 Å². The highest BCUT2D eigenvalue weighted by molar-refractivity contribution is 6.12. The van der Waals surface area contributed by atoms with E-state index in [-0.39, 0.29) is 35.8 Å². The summed E-state index contributed by atoms with van der Waals surface area (Å²) in [4.78, 5) is 26.6. The summed E-state index contributed by atoms with van der Waals surface area (Å²) in [5.74, 6) is 0.0178. The smallest absolute Gasteiger partial charge is 0.271 e. The molecule has 3 heterocycles. The van der Waals surface area contributed by atoms with E-state index in [1.54, 1.807) is 31.2 Å². The number of aryl methyl sites for hydroxylation is 2. The van der Waals surface area contributed by atoms with E-state index in [0.29, 0.717) is 28.2 Å². The van der Waals surface area contributed by atoms with Gasteiger partial charge >= 0.3 is 0 Å². The quantitative estimate of drug-likeness (QED) is 0.460. The van der Waals surface area contributed by atoms with E-state index in [1.807, 2.05) is 25.1 Å². The van der Waals surface area contributed by atoms with Crippen molar-refractivity contribution >= 4 is 16.8 Å². The van der Waals surface area contributed by atoms with Gasteiger partial charge in [0.05, 0.1) is 12.1 Å². The minimum atomic E-state index is -0.691. The number of aromatic hydroxyl groups is 1. The van der Waals surface area contributed by atoms with Crippen LogP contribution in [0.25, 0.3) is 11.0 Å². The Hall–Kier alpha value is -4.51. The van der Waals surface area contributed by atoms with Crippen molar-refractivity contribution in [3.8, 4) is 23.4 Å². The molecule has 0 saturated heterocycles. The number of benzene rings is 2. The fourth-order valence-corrected chi connectivity index (χ4v) is 4.26. The van der Waals surface area contributed by atoms with Crippen molar-refractivity contribution < 1.29 is 23.8 Å². The van der Waals surface area contributed by atoms with Gasteiger partial charge in [-0.1, -0.05) is 17.7 Å². The molecule has 0 bridgehead atoms. The lowest BCUT2D eigenvalue weighted by molar-refractivity contribution is 0.101. The van der Waals surface area contributed by atoms with Crippen LogP contribution in [0.15, 0.2) is 45.6 Å². The number of furan rings is 1. The molecule has 8 nitrogen and oxygen atoms in total. The molecule has 0 unspecified atom stereocenters. The number of fused-ring (bicyclic) bond motifs is 2. The number of hydrogen-bond donors (Lipinski definition) is 1. The van der Waals surface area contributed by atoms with Gasteiger partial charge in [0, 0.05) is 10.9 Å². The van der Waals surface area contributed by atoms with E-state index in [9.17, 15) is 20.0 Å². The average molecular weight is 456 g/mol. The number of aromatic nitrogens is 1. The standard InChI is InChI=1S/C26H20N2O6/c1-13-4-6-19-17(8-13)15(3)24(34-19)23(29)22-14(2)18(10-27)25(30)28(26(22)31)11-16-5-7-20-21(9-16)33-12-32-20/h4-9,31H,11-12H2,1-3H3. The minimum Gasteiger partial charge on any atom is -0.494 e. The van der Waals surface area contributed by atoms with E-state index in [1.165, 1.54) is 6.92 Å². The Bertz CT molecular complexity index is 1600. The van der Waals surface area contributed by atoms with Crippen molar-refractivity contribution in [2.24, 2.45) is 0 Å². The van der Waals surface area contributed by atoms with Crippen molar-refractivity contribution in [3.05, 3.63) is 85.9 Å². The lowest BCUT2D eigenvalue weighted by Gasteiger charge is -2.15. The average Bonchev–Trinajstić information content (AvgIpc) is 3.41. The molecule has 34 heavy (non-hydrogen) atoms. The van der Waals surface area contributed by atoms with Gasteiger partial charge in [-0.05, 0) is 56.2 Å². The SMILES string of the molecule is Cc1ccc2oc(C(=O)c3c(C)c(C#N)c(=O)n(Cc4ccc5c(c4)OCO5)c3O)c(C)c2c1. The predicted octanol–water partition coefficient (Wildman–Crippen LogP) is 4.11. The second-order valence-electron chi connectivity index (χ2n) is 8.27. The molecule has 0 saturated carbocycles. The number of hydrogen-bond acceptors (Lipinski definition) is 7. The maximum Gasteiger partial charge on any atom is 0.271 e. The highest BCUT2D eigenvalue weighted by atomic mass is 16.7. The van der Waals surface area contributed by atoms with Crippen molar-refractivity contribution in [3.63, 3.8) is 0 Å². The van der Waals surface area contributed by atoms with Crippen LogP contribution in [-0.4, -0.2) is 22.2 Å². The Labute approximate surface area is 194 Å². The zero-order valence-electron chi connectivity index (χ0n) is 18.8. The highest BCUT2D eigenvalue weighted by Gasteiger charge is 2.29. The second kappa shape index (κ2) is 7.81. The molecule has 0 radical (unpaired) electrons. The number of carbonyl (C=O) groups excluding carboxylic acids is 1. The molecule has 0 fully saturated rings. The molecule has 0 aliphatic carbocycles. The summed E-state index contributed by atoms with van der Waals surface area (Å²) in [6.45, 7) is 5.20. The first-order chi connectivity index (χ1) is 16.3. The van der Waals surface area contributed by atoms with Gasteiger partial charge in [-0.3, -0.25) is 14.2 Å². The fourth-order valence-electron chi connectivity index (χ4n) is 4.26. The molecule has 2 aromatic heterocycles. The van der Waals surface area contributed by atoms with Crippen molar-refractivity contribution in [1.29, 1.82) is 5.26 Å². The van der Waals surface area contributed by atoms with Gasteiger partial charge in [-0.2, -0.15) is 5.26 Å². The Morgan fingerprint density at radius 2 is 1.85 bits per heavy atom. The van der Waals surface area contributed by atoms with Crippen LogP contribution in [0.4, 0.5) is 0 Å².